The minimum Gasteiger partial charge on any atom is -0.348 e. The van der Waals surface area contributed by atoms with Crippen LogP contribution >= 0.6 is 0 Å². The fourth-order valence-electron chi connectivity index (χ4n) is 4.58. The average Bonchev–Trinajstić information content (AvgIpc) is 2.92. The molecule has 0 atom stereocenters. The van der Waals surface area contributed by atoms with Gasteiger partial charge >= 0.3 is 0 Å². The average molecular weight is 506 g/mol. The van der Waals surface area contributed by atoms with Crippen molar-refractivity contribution >= 4 is 15.9 Å². The number of nitrogens with zero attached hydrogens (tertiary/aromatic N) is 2. The summed E-state index contributed by atoms with van der Waals surface area (Å²) >= 11 is 0. The lowest BCUT2D eigenvalue weighted by atomic mass is 10.0. The number of amides is 1. The van der Waals surface area contributed by atoms with Crippen molar-refractivity contribution in [3.8, 4) is 0 Å². The summed E-state index contributed by atoms with van der Waals surface area (Å²) in [5.41, 5.74) is 5.46. The topological polar surface area (TPSA) is 69.7 Å². The summed E-state index contributed by atoms with van der Waals surface area (Å²) in [5, 5.41) is 3.06. The predicted octanol–water partition coefficient (Wildman–Crippen LogP) is 4.25. The summed E-state index contributed by atoms with van der Waals surface area (Å²) in [6, 6.07) is 22.8. The zero-order valence-corrected chi connectivity index (χ0v) is 21.9. The quantitative estimate of drug-likeness (QED) is 0.472. The standard InChI is InChI=1S/C29H35N3O3S/c1-3-23-10-13-25(4-2)27(20-23)21-30-29(33)26-14-11-24(12-15-26)22-31-16-18-32(19-17-31)36(34,35)28-8-6-5-7-9-28/h5-15,20H,3-4,16-19,21-22H2,1-2H3,(H,30,33). The van der Waals surface area contributed by atoms with Crippen molar-refractivity contribution < 1.29 is 13.2 Å². The zero-order valence-electron chi connectivity index (χ0n) is 21.1. The van der Waals surface area contributed by atoms with Crippen molar-refractivity contribution in [2.75, 3.05) is 26.2 Å². The molecule has 6 nitrogen and oxygen atoms in total. The van der Waals surface area contributed by atoms with Gasteiger partial charge in [0.1, 0.15) is 0 Å². The van der Waals surface area contributed by atoms with Crippen molar-refractivity contribution in [2.24, 2.45) is 0 Å². The van der Waals surface area contributed by atoms with Crippen LogP contribution in [0.25, 0.3) is 0 Å². The van der Waals surface area contributed by atoms with E-state index in [0.717, 1.165) is 24.9 Å². The van der Waals surface area contributed by atoms with E-state index in [-0.39, 0.29) is 5.91 Å². The number of aryl methyl sites for hydroxylation is 2. The molecule has 36 heavy (non-hydrogen) atoms. The Bertz CT molecular complexity index is 1270. The molecule has 0 saturated carbocycles. The molecule has 190 valence electrons. The first-order valence-electron chi connectivity index (χ1n) is 12.7. The van der Waals surface area contributed by atoms with Gasteiger partial charge in [-0.05, 0) is 59.4 Å². The summed E-state index contributed by atoms with van der Waals surface area (Å²) in [5.74, 6) is -0.0785. The van der Waals surface area contributed by atoms with Gasteiger partial charge < -0.3 is 5.32 Å². The van der Waals surface area contributed by atoms with Gasteiger partial charge in [-0.2, -0.15) is 4.31 Å². The SMILES string of the molecule is CCc1ccc(CC)c(CNC(=O)c2ccc(CN3CCN(S(=O)(=O)c4ccccc4)CC3)cc2)c1. The number of hydrogen-bond acceptors (Lipinski definition) is 4. The summed E-state index contributed by atoms with van der Waals surface area (Å²) in [6.07, 6.45) is 1.92. The van der Waals surface area contributed by atoms with E-state index in [1.165, 1.54) is 16.7 Å². The maximum atomic E-state index is 12.8. The highest BCUT2D eigenvalue weighted by molar-refractivity contribution is 7.89. The zero-order chi connectivity index (χ0) is 25.5. The number of hydrogen-bond donors (Lipinski definition) is 1. The maximum absolute atomic E-state index is 12.8. The van der Waals surface area contributed by atoms with Crippen molar-refractivity contribution in [3.63, 3.8) is 0 Å². The van der Waals surface area contributed by atoms with Gasteiger partial charge in [-0.3, -0.25) is 9.69 Å². The maximum Gasteiger partial charge on any atom is 0.251 e. The molecule has 1 amide bonds. The summed E-state index contributed by atoms with van der Waals surface area (Å²) in [7, 11) is -3.45. The number of nitrogens with one attached hydrogen (secondary N) is 1. The van der Waals surface area contributed by atoms with Crippen LogP contribution in [0.3, 0.4) is 0 Å². The van der Waals surface area contributed by atoms with Gasteiger partial charge in [-0.15, -0.1) is 0 Å². The normalized spacial score (nSPS) is 15.1. The Kier molecular flexibility index (Phi) is 8.56. The van der Waals surface area contributed by atoms with Crippen LogP contribution in [0.1, 0.15) is 46.5 Å². The second-order valence-electron chi connectivity index (χ2n) is 9.18. The monoisotopic (exact) mass is 505 g/mol. The van der Waals surface area contributed by atoms with E-state index in [2.05, 4.69) is 42.3 Å². The van der Waals surface area contributed by atoms with E-state index in [0.29, 0.717) is 43.2 Å². The van der Waals surface area contributed by atoms with Gasteiger partial charge in [0.2, 0.25) is 10.0 Å². The molecule has 7 heteroatoms. The Balaban J connectivity index is 1.29. The third kappa shape index (κ3) is 6.22. The van der Waals surface area contributed by atoms with E-state index >= 15 is 0 Å². The molecule has 3 aromatic rings. The minimum absolute atomic E-state index is 0.0785. The fourth-order valence-corrected chi connectivity index (χ4v) is 6.02. The number of carbonyl (C=O) groups is 1. The van der Waals surface area contributed by atoms with E-state index < -0.39 is 10.0 Å². The van der Waals surface area contributed by atoms with Crippen LogP contribution in [-0.2, 0) is 36.0 Å². The molecular weight excluding hydrogens is 470 g/mol. The Morgan fingerprint density at radius 2 is 1.47 bits per heavy atom. The molecule has 1 aliphatic rings. The number of piperazine rings is 1. The molecule has 1 aliphatic heterocycles. The molecule has 0 aliphatic carbocycles. The van der Waals surface area contributed by atoms with Gasteiger partial charge in [0.25, 0.3) is 5.91 Å². The number of carbonyl (C=O) groups excluding carboxylic acids is 1. The molecule has 1 heterocycles. The van der Waals surface area contributed by atoms with Gasteiger partial charge in [-0.25, -0.2) is 8.42 Å². The molecule has 4 rings (SSSR count). The number of benzene rings is 3. The highest BCUT2D eigenvalue weighted by Crippen LogP contribution is 2.19. The third-order valence-electron chi connectivity index (χ3n) is 6.83. The molecule has 1 N–H and O–H groups in total. The molecule has 1 fully saturated rings. The Hall–Kier alpha value is -3.00. The van der Waals surface area contributed by atoms with Crippen LogP contribution in [0.4, 0.5) is 0 Å². The first-order valence-corrected chi connectivity index (χ1v) is 14.1. The van der Waals surface area contributed by atoms with Gasteiger partial charge in [0.05, 0.1) is 4.90 Å². The Morgan fingerprint density at radius 1 is 0.806 bits per heavy atom. The lowest BCUT2D eigenvalue weighted by Gasteiger charge is -2.34. The number of rotatable bonds is 9. The van der Waals surface area contributed by atoms with Crippen LogP contribution in [0, 0.1) is 0 Å². The highest BCUT2D eigenvalue weighted by Gasteiger charge is 2.28. The molecule has 0 unspecified atom stereocenters. The molecule has 1 saturated heterocycles. The predicted molar refractivity (Wildman–Crippen MR) is 143 cm³/mol. The van der Waals surface area contributed by atoms with Gasteiger partial charge in [0.15, 0.2) is 0 Å². The lowest BCUT2D eigenvalue weighted by molar-refractivity contribution is 0.0950. The second-order valence-corrected chi connectivity index (χ2v) is 11.1. The number of sulfonamides is 1. The molecule has 0 bridgehead atoms. The Morgan fingerprint density at radius 3 is 2.11 bits per heavy atom. The molecule has 0 spiro atoms. The van der Waals surface area contributed by atoms with E-state index in [1.807, 2.05) is 30.3 Å². The summed E-state index contributed by atoms with van der Waals surface area (Å²) < 4.78 is 27.2. The first kappa shape index (κ1) is 26.1. The second kappa shape index (κ2) is 11.8. The van der Waals surface area contributed by atoms with Crippen LogP contribution < -0.4 is 5.32 Å². The van der Waals surface area contributed by atoms with Crippen molar-refractivity contribution in [3.05, 3.63) is 101 Å². The fraction of sp³-hybridized carbons (Fsp3) is 0.345. The van der Waals surface area contributed by atoms with Gasteiger partial charge in [-0.1, -0.05) is 62.4 Å². The molecule has 0 radical (unpaired) electrons. The van der Waals surface area contributed by atoms with Crippen LogP contribution in [-0.4, -0.2) is 49.7 Å². The van der Waals surface area contributed by atoms with Crippen molar-refractivity contribution in [1.82, 2.24) is 14.5 Å². The molecular formula is C29H35N3O3S. The van der Waals surface area contributed by atoms with E-state index in [9.17, 15) is 13.2 Å². The van der Waals surface area contributed by atoms with Gasteiger partial charge in [0, 0.05) is 44.8 Å². The third-order valence-corrected chi connectivity index (χ3v) is 8.75. The first-order chi connectivity index (χ1) is 17.4. The highest BCUT2D eigenvalue weighted by atomic mass is 32.2. The summed E-state index contributed by atoms with van der Waals surface area (Å²) in [4.78, 5) is 15.3. The largest absolute Gasteiger partial charge is 0.348 e. The van der Waals surface area contributed by atoms with Crippen LogP contribution in [0.2, 0.25) is 0 Å². The van der Waals surface area contributed by atoms with Crippen LogP contribution in [0.15, 0.2) is 77.7 Å². The smallest absolute Gasteiger partial charge is 0.251 e. The lowest BCUT2D eigenvalue weighted by Crippen LogP contribution is -2.48. The van der Waals surface area contributed by atoms with E-state index in [1.54, 1.807) is 28.6 Å². The Labute approximate surface area is 215 Å². The van der Waals surface area contributed by atoms with E-state index in [4.69, 9.17) is 0 Å². The summed E-state index contributed by atoms with van der Waals surface area (Å²) in [6.45, 7) is 7.80. The van der Waals surface area contributed by atoms with Crippen LogP contribution in [0.5, 0.6) is 0 Å². The molecule has 0 aromatic heterocycles. The minimum atomic E-state index is -3.45. The molecule has 3 aromatic carbocycles. The van der Waals surface area contributed by atoms with Crippen molar-refractivity contribution in [1.29, 1.82) is 0 Å². The van der Waals surface area contributed by atoms with Crippen molar-refractivity contribution in [2.45, 2.75) is 44.7 Å².